The molecule has 0 saturated carbocycles. The summed E-state index contributed by atoms with van der Waals surface area (Å²) in [4.78, 5) is 34.8. The second-order valence-electron chi connectivity index (χ2n) is 6.16. The highest BCUT2D eigenvalue weighted by Gasteiger charge is 2.20. The summed E-state index contributed by atoms with van der Waals surface area (Å²) in [5.41, 5.74) is 0.652. The van der Waals surface area contributed by atoms with Gasteiger partial charge in [-0.25, -0.2) is 9.59 Å². The number of nitro benzene ring substituents is 1. The third-order valence-electron chi connectivity index (χ3n) is 4.34. The molecule has 0 N–H and O–H groups in total. The molecule has 4 rings (SSSR count). The van der Waals surface area contributed by atoms with Crippen molar-refractivity contribution in [3.8, 4) is 5.75 Å². The van der Waals surface area contributed by atoms with Crippen LogP contribution in [0.15, 0.2) is 65.1 Å². The number of carbonyl (C=O) groups is 2. The Bertz CT molecular complexity index is 1290. The summed E-state index contributed by atoms with van der Waals surface area (Å²) in [6.45, 7) is 0. The van der Waals surface area contributed by atoms with E-state index in [-0.39, 0.29) is 16.9 Å². The van der Waals surface area contributed by atoms with Gasteiger partial charge in [0.05, 0.1) is 23.2 Å². The SMILES string of the molecule is COC(=O)c1cc(C(=O)Oc2ccc3oc4ccccc4c3c2)cc([N+](=O)[O-])c1. The van der Waals surface area contributed by atoms with Crippen LogP contribution in [0.1, 0.15) is 20.7 Å². The molecule has 29 heavy (non-hydrogen) atoms. The van der Waals surface area contributed by atoms with Crippen LogP contribution >= 0.6 is 0 Å². The Hall–Kier alpha value is -4.20. The number of methoxy groups -OCH3 is 1. The molecule has 1 heterocycles. The van der Waals surface area contributed by atoms with E-state index in [0.717, 1.165) is 30.0 Å². The molecule has 144 valence electrons. The third-order valence-corrected chi connectivity index (χ3v) is 4.34. The van der Waals surface area contributed by atoms with Gasteiger partial charge in [0.25, 0.3) is 5.69 Å². The molecule has 8 heteroatoms. The molecule has 3 aromatic carbocycles. The van der Waals surface area contributed by atoms with Gasteiger partial charge in [0.2, 0.25) is 0 Å². The van der Waals surface area contributed by atoms with E-state index in [4.69, 9.17) is 9.15 Å². The Morgan fingerprint density at radius 3 is 2.31 bits per heavy atom. The summed E-state index contributed by atoms with van der Waals surface area (Å²) >= 11 is 0. The Kier molecular flexibility index (Phi) is 4.44. The van der Waals surface area contributed by atoms with Crippen molar-refractivity contribution in [2.75, 3.05) is 7.11 Å². The van der Waals surface area contributed by atoms with Crippen LogP contribution in [0.4, 0.5) is 5.69 Å². The maximum atomic E-state index is 12.6. The minimum absolute atomic E-state index is 0.120. The van der Waals surface area contributed by atoms with E-state index < -0.39 is 22.5 Å². The second kappa shape index (κ2) is 7.08. The molecule has 0 saturated heterocycles. The van der Waals surface area contributed by atoms with Crippen LogP contribution in [0.2, 0.25) is 0 Å². The molecule has 0 aliphatic heterocycles. The number of hydrogen-bond acceptors (Lipinski definition) is 7. The number of fused-ring (bicyclic) bond motifs is 3. The maximum absolute atomic E-state index is 12.6. The number of esters is 2. The number of para-hydroxylation sites is 1. The lowest BCUT2D eigenvalue weighted by Gasteiger charge is -2.06. The van der Waals surface area contributed by atoms with E-state index >= 15 is 0 Å². The molecule has 1 aromatic heterocycles. The zero-order chi connectivity index (χ0) is 20.5. The van der Waals surface area contributed by atoms with Crippen LogP contribution in [0.5, 0.6) is 5.75 Å². The number of benzene rings is 3. The van der Waals surface area contributed by atoms with Gasteiger partial charge in [0, 0.05) is 22.9 Å². The van der Waals surface area contributed by atoms with Crippen molar-refractivity contribution >= 4 is 39.6 Å². The van der Waals surface area contributed by atoms with Crippen molar-refractivity contribution in [3.63, 3.8) is 0 Å². The number of nitrogens with zero attached hydrogens (tertiary/aromatic N) is 1. The minimum Gasteiger partial charge on any atom is -0.465 e. The fourth-order valence-electron chi connectivity index (χ4n) is 3.00. The van der Waals surface area contributed by atoms with E-state index in [1.54, 1.807) is 18.2 Å². The molecule has 0 aliphatic rings. The summed E-state index contributed by atoms with van der Waals surface area (Å²) in [6, 6.07) is 15.6. The first-order valence-corrected chi connectivity index (χ1v) is 8.47. The first-order chi connectivity index (χ1) is 14.0. The topological polar surface area (TPSA) is 109 Å². The highest BCUT2D eigenvalue weighted by Crippen LogP contribution is 2.31. The molecule has 0 amide bonds. The molecule has 0 atom stereocenters. The molecule has 0 aliphatic carbocycles. The van der Waals surface area contributed by atoms with Crippen molar-refractivity contribution in [1.29, 1.82) is 0 Å². The van der Waals surface area contributed by atoms with Gasteiger partial charge in [-0.2, -0.15) is 0 Å². The Morgan fingerprint density at radius 2 is 1.59 bits per heavy atom. The van der Waals surface area contributed by atoms with Crippen molar-refractivity contribution in [1.82, 2.24) is 0 Å². The fourth-order valence-corrected chi connectivity index (χ4v) is 3.00. The lowest BCUT2D eigenvalue weighted by atomic mass is 10.1. The zero-order valence-electron chi connectivity index (χ0n) is 15.1. The number of ether oxygens (including phenoxy) is 2. The molecule has 0 radical (unpaired) electrons. The van der Waals surface area contributed by atoms with Crippen molar-refractivity contribution in [3.05, 3.63) is 81.9 Å². The van der Waals surface area contributed by atoms with Crippen LogP contribution in [0, 0.1) is 10.1 Å². The van der Waals surface area contributed by atoms with Crippen LogP contribution in [-0.2, 0) is 4.74 Å². The fraction of sp³-hybridized carbons (Fsp3) is 0.0476. The van der Waals surface area contributed by atoms with Crippen LogP contribution in [0.3, 0.4) is 0 Å². The number of hydrogen-bond donors (Lipinski definition) is 0. The predicted molar refractivity (Wildman–Crippen MR) is 103 cm³/mol. The molecule has 0 unspecified atom stereocenters. The summed E-state index contributed by atoms with van der Waals surface area (Å²) in [5.74, 6) is -1.40. The van der Waals surface area contributed by atoms with Gasteiger partial charge in [0.1, 0.15) is 16.9 Å². The van der Waals surface area contributed by atoms with Gasteiger partial charge in [-0.05, 0) is 30.3 Å². The number of nitro groups is 1. The summed E-state index contributed by atoms with van der Waals surface area (Å²) in [5, 5.41) is 12.8. The normalized spacial score (nSPS) is 10.8. The molecular formula is C21H13NO7. The third kappa shape index (κ3) is 3.39. The highest BCUT2D eigenvalue weighted by molar-refractivity contribution is 6.05. The first kappa shape index (κ1) is 18.2. The van der Waals surface area contributed by atoms with Crippen molar-refractivity contribution < 1.29 is 28.4 Å². The van der Waals surface area contributed by atoms with E-state index in [0.29, 0.717) is 11.2 Å². The number of rotatable bonds is 4. The standard InChI is InChI=1S/C21H13NO7/c1-27-20(23)12-8-13(10-14(9-12)22(25)26)21(24)28-15-6-7-19-17(11-15)16-4-2-3-5-18(16)29-19/h2-11H,1H3. The summed E-state index contributed by atoms with van der Waals surface area (Å²) in [7, 11) is 1.14. The van der Waals surface area contributed by atoms with E-state index in [2.05, 4.69) is 4.74 Å². The lowest BCUT2D eigenvalue weighted by molar-refractivity contribution is -0.384. The van der Waals surface area contributed by atoms with Gasteiger partial charge in [-0.3, -0.25) is 10.1 Å². The van der Waals surface area contributed by atoms with Gasteiger partial charge < -0.3 is 13.9 Å². The van der Waals surface area contributed by atoms with Crippen LogP contribution in [0.25, 0.3) is 21.9 Å². The molecule has 0 bridgehead atoms. The van der Waals surface area contributed by atoms with Crippen molar-refractivity contribution in [2.24, 2.45) is 0 Å². The molecular weight excluding hydrogens is 378 g/mol. The monoisotopic (exact) mass is 391 g/mol. The lowest BCUT2D eigenvalue weighted by Crippen LogP contribution is -2.11. The van der Waals surface area contributed by atoms with Crippen molar-refractivity contribution in [2.45, 2.75) is 0 Å². The summed E-state index contributed by atoms with van der Waals surface area (Å²) < 4.78 is 15.7. The first-order valence-electron chi connectivity index (χ1n) is 8.47. The van der Waals surface area contributed by atoms with E-state index in [1.165, 1.54) is 6.07 Å². The molecule has 4 aromatic rings. The number of carbonyl (C=O) groups excluding carboxylic acids is 2. The van der Waals surface area contributed by atoms with E-state index in [1.807, 2.05) is 24.3 Å². The van der Waals surface area contributed by atoms with Crippen LogP contribution < -0.4 is 4.74 Å². The van der Waals surface area contributed by atoms with Gasteiger partial charge in [-0.15, -0.1) is 0 Å². The zero-order valence-corrected chi connectivity index (χ0v) is 15.1. The Morgan fingerprint density at radius 1 is 0.897 bits per heavy atom. The minimum atomic E-state index is -0.842. The molecule has 0 fully saturated rings. The average Bonchev–Trinajstić information content (AvgIpc) is 3.10. The largest absolute Gasteiger partial charge is 0.465 e. The number of furan rings is 1. The highest BCUT2D eigenvalue weighted by atomic mass is 16.6. The molecule has 0 spiro atoms. The summed E-state index contributed by atoms with van der Waals surface area (Å²) in [6.07, 6.45) is 0. The van der Waals surface area contributed by atoms with E-state index in [9.17, 15) is 19.7 Å². The Balaban J connectivity index is 1.70. The Labute approximate surface area is 163 Å². The smallest absolute Gasteiger partial charge is 0.343 e. The predicted octanol–water partition coefficient (Wildman–Crippen LogP) is 4.50. The van der Waals surface area contributed by atoms with Crippen LogP contribution in [-0.4, -0.2) is 24.0 Å². The number of non-ortho nitro benzene ring substituents is 1. The second-order valence-corrected chi connectivity index (χ2v) is 6.16. The quantitative estimate of drug-likeness (QED) is 0.218. The van der Waals surface area contributed by atoms with Gasteiger partial charge in [-0.1, -0.05) is 18.2 Å². The maximum Gasteiger partial charge on any atom is 0.343 e. The van der Waals surface area contributed by atoms with Gasteiger partial charge in [0.15, 0.2) is 0 Å². The van der Waals surface area contributed by atoms with Gasteiger partial charge >= 0.3 is 11.9 Å². The average molecular weight is 391 g/mol. The molecule has 8 nitrogen and oxygen atoms in total.